The van der Waals surface area contributed by atoms with Gasteiger partial charge in [0.05, 0.1) is 12.2 Å². The number of carbonyl (C=O) groups excluding carboxylic acids is 1. The van der Waals surface area contributed by atoms with E-state index in [2.05, 4.69) is 20.2 Å². The van der Waals surface area contributed by atoms with Crippen LogP contribution in [0, 0.1) is 12.7 Å². The smallest absolute Gasteiger partial charge is 0.251 e. The average molecular weight is 328 g/mol. The van der Waals surface area contributed by atoms with Crippen LogP contribution in [0.15, 0.2) is 30.5 Å². The van der Waals surface area contributed by atoms with E-state index in [0.29, 0.717) is 17.1 Å². The Labute approximate surface area is 140 Å². The summed E-state index contributed by atoms with van der Waals surface area (Å²) >= 11 is 0. The molecule has 1 aromatic carbocycles. The molecule has 0 bridgehead atoms. The van der Waals surface area contributed by atoms with Gasteiger partial charge in [-0.3, -0.25) is 4.79 Å². The van der Waals surface area contributed by atoms with Crippen molar-refractivity contribution < 1.29 is 9.18 Å². The van der Waals surface area contributed by atoms with E-state index < -0.39 is 0 Å². The lowest BCUT2D eigenvalue weighted by molar-refractivity contribution is 0.0950. The number of carbonyl (C=O) groups is 1. The monoisotopic (exact) mass is 328 g/mol. The van der Waals surface area contributed by atoms with E-state index in [1.165, 1.54) is 12.5 Å². The van der Waals surface area contributed by atoms with Crippen molar-refractivity contribution in [2.24, 2.45) is 0 Å². The standard InChI is InChI=1S/C18H21FN4O/c1-13-5-6-14(11-16(13)19)17(24)21-12-15-7-8-20-18(22-15)23-9-3-2-4-10-23/h5-8,11H,2-4,9-10,12H2,1H3,(H,21,24). The van der Waals surface area contributed by atoms with Crippen molar-refractivity contribution in [3.05, 3.63) is 53.1 Å². The summed E-state index contributed by atoms with van der Waals surface area (Å²) in [5.41, 5.74) is 1.57. The summed E-state index contributed by atoms with van der Waals surface area (Å²) in [6.07, 6.45) is 5.27. The first-order chi connectivity index (χ1) is 11.6. The third kappa shape index (κ3) is 3.88. The van der Waals surface area contributed by atoms with Crippen LogP contribution in [0.3, 0.4) is 0 Å². The normalized spacial score (nSPS) is 14.5. The molecule has 3 rings (SSSR count). The molecule has 1 saturated heterocycles. The van der Waals surface area contributed by atoms with E-state index >= 15 is 0 Å². The predicted molar refractivity (Wildman–Crippen MR) is 90.4 cm³/mol. The molecule has 2 heterocycles. The van der Waals surface area contributed by atoms with E-state index in [9.17, 15) is 9.18 Å². The lowest BCUT2D eigenvalue weighted by atomic mass is 10.1. The maximum atomic E-state index is 13.6. The van der Waals surface area contributed by atoms with Crippen LogP contribution >= 0.6 is 0 Å². The molecule has 1 amide bonds. The molecule has 0 spiro atoms. The van der Waals surface area contributed by atoms with Gasteiger partial charge in [0.15, 0.2) is 0 Å². The van der Waals surface area contributed by atoms with Crippen LogP contribution in [0.2, 0.25) is 0 Å². The number of nitrogens with one attached hydrogen (secondary N) is 1. The second kappa shape index (κ2) is 7.38. The van der Waals surface area contributed by atoms with Crippen molar-refractivity contribution in [1.82, 2.24) is 15.3 Å². The van der Waals surface area contributed by atoms with Gasteiger partial charge in [0.25, 0.3) is 5.91 Å². The summed E-state index contributed by atoms with van der Waals surface area (Å²) in [4.78, 5) is 23.1. The Balaban J connectivity index is 1.63. The molecule has 1 aliphatic heterocycles. The second-order valence-corrected chi connectivity index (χ2v) is 6.04. The van der Waals surface area contributed by atoms with Crippen LogP contribution < -0.4 is 10.2 Å². The van der Waals surface area contributed by atoms with Crippen molar-refractivity contribution in [3.63, 3.8) is 0 Å². The van der Waals surface area contributed by atoms with Crippen LogP contribution in [-0.4, -0.2) is 29.0 Å². The molecular weight excluding hydrogens is 307 g/mol. The van der Waals surface area contributed by atoms with Gasteiger partial charge in [-0.15, -0.1) is 0 Å². The number of aryl methyl sites for hydroxylation is 1. The molecule has 0 unspecified atom stereocenters. The molecule has 1 aromatic heterocycles. The van der Waals surface area contributed by atoms with Gasteiger partial charge in [0, 0.05) is 24.8 Å². The first kappa shape index (κ1) is 16.4. The third-order valence-corrected chi connectivity index (χ3v) is 4.20. The topological polar surface area (TPSA) is 58.1 Å². The van der Waals surface area contributed by atoms with E-state index in [-0.39, 0.29) is 18.3 Å². The molecule has 0 aliphatic carbocycles. The van der Waals surface area contributed by atoms with Gasteiger partial charge in [-0.1, -0.05) is 6.07 Å². The summed E-state index contributed by atoms with van der Waals surface area (Å²) in [5, 5.41) is 2.78. The Morgan fingerprint density at radius 2 is 2.04 bits per heavy atom. The maximum absolute atomic E-state index is 13.6. The minimum atomic E-state index is -0.378. The van der Waals surface area contributed by atoms with Gasteiger partial charge < -0.3 is 10.2 Å². The highest BCUT2D eigenvalue weighted by Crippen LogP contribution is 2.15. The van der Waals surface area contributed by atoms with Crippen LogP contribution in [0.25, 0.3) is 0 Å². The van der Waals surface area contributed by atoms with Gasteiger partial charge in [0.1, 0.15) is 5.82 Å². The number of rotatable bonds is 4. The van der Waals surface area contributed by atoms with E-state index in [0.717, 1.165) is 31.6 Å². The van der Waals surface area contributed by atoms with Gasteiger partial charge in [-0.25, -0.2) is 14.4 Å². The first-order valence-corrected chi connectivity index (χ1v) is 8.25. The highest BCUT2D eigenvalue weighted by atomic mass is 19.1. The van der Waals surface area contributed by atoms with Gasteiger partial charge in [-0.2, -0.15) is 0 Å². The van der Waals surface area contributed by atoms with E-state index in [1.807, 2.05) is 0 Å². The number of hydrogen-bond acceptors (Lipinski definition) is 4. The molecule has 0 radical (unpaired) electrons. The largest absolute Gasteiger partial charge is 0.346 e. The van der Waals surface area contributed by atoms with Crippen molar-refractivity contribution >= 4 is 11.9 Å². The number of piperidine rings is 1. The number of aromatic nitrogens is 2. The van der Waals surface area contributed by atoms with Crippen LogP contribution in [-0.2, 0) is 6.54 Å². The molecule has 0 atom stereocenters. The van der Waals surface area contributed by atoms with Gasteiger partial charge in [0.2, 0.25) is 5.95 Å². The highest BCUT2D eigenvalue weighted by Gasteiger charge is 2.14. The fourth-order valence-corrected chi connectivity index (χ4v) is 2.74. The fourth-order valence-electron chi connectivity index (χ4n) is 2.74. The molecule has 126 valence electrons. The number of hydrogen-bond donors (Lipinski definition) is 1. The maximum Gasteiger partial charge on any atom is 0.251 e. The average Bonchev–Trinajstić information content (AvgIpc) is 2.63. The lowest BCUT2D eigenvalue weighted by Gasteiger charge is -2.26. The molecule has 6 heteroatoms. The Hall–Kier alpha value is -2.50. The quantitative estimate of drug-likeness (QED) is 0.937. The zero-order valence-corrected chi connectivity index (χ0v) is 13.8. The van der Waals surface area contributed by atoms with Crippen LogP contribution in [0.4, 0.5) is 10.3 Å². The minimum absolute atomic E-state index is 0.289. The summed E-state index contributed by atoms with van der Waals surface area (Å²) in [7, 11) is 0. The SMILES string of the molecule is Cc1ccc(C(=O)NCc2ccnc(N3CCCCC3)n2)cc1F. The van der Waals surface area contributed by atoms with Gasteiger partial charge in [-0.05, 0) is 49.9 Å². The summed E-state index contributed by atoms with van der Waals surface area (Å²) in [6.45, 7) is 3.90. The second-order valence-electron chi connectivity index (χ2n) is 6.04. The number of amides is 1. The zero-order chi connectivity index (χ0) is 16.9. The summed E-state index contributed by atoms with van der Waals surface area (Å²) in [6, 6.07) is 6.25. The van der Waals surface area contributed by atoms with Crippen molar-refractivity contribution in [2.45, 2.75) is 32.7 Å². The Morgan fingerprint density at radius 3 is 2.79 bits per heavy atom. The van der Waals surface area contributed by atoms with Crippen LogP contribution in [0.5, 0.6) is 0 Å². The Bertz CT molecular complexity index is 729. The molecule has 1 aliphatic rings. The number of anilines is 1. The number of benzene rings is 1. The highest BCUT2D eigenvalue weighted by molar-refractivity contribution is 5.94. The summed E-state index contributed by atoms with van der Waals surface area (Å²) in [5.74, 6) is 0.0203. The van der Waals surface area contributed by atoms with Crippen molar-refractivity contribution in [2.75, 3.05) is 18.0 Å². The molecular formula is C18H21FN4O. The van der Waals surface area contributed by atoms with Crippen molar-refractivity contribution in [3.8, 4) is 0 Å². The molecule has 0 saturated carbocycles. The number of nitrogens with zero attached hydrogens (tertiary/aromatic N) is 3. The molecule has 5 nitrogen and oxygen atoms in total. The fraction of sp³-hybridized carbons (Fsp3) is 0.389. The zero-order valence-electron chi connectivity index (χ0n) is 13.8. The Morgan fingerprint density at radius 1 is 1.25 bits per heavy atom. The predicted octanol–water partition coefficient (Wildman–Crippen LogP) is 2.84. The minimum Gasteiger partial charge on any atom is -0.346 e. The summed E-state index contributed by atoms with van der Waals surface area (Å²) < 4.78 is 13.6. The van der Waals surface area contributed by atoms with Crippen LogP contribution in [0.1, 0.15) is 40.9 Å². The lowest BCUT2D eigenvalue weighted by Crippen LogP contribution is -2.31. The van der Waals surface area contributed by atoms with Gasteiger partial charge >= 0.3 is 0 Å². The third-order valence-electron chi connectivity index (χ3n) is 4.20. The molecule has 1 N–H and O–H groups in total. The molecule has 24 heavy (non-hydrogen) atoms. The number of halogens is 1. The molecule has 1 fully saturated rings. The van der Waals surface area contributed by atoms with Crippen molar-refractivity contribution in [1.29, 1.82) is 0 Å². The first-order valence-electron chi connectivity index (χ1n) is 8.25. The van der Waals surface area contributed by atoms with E-state index in [4.69, 9.17) is 0 Å². The van der Waals surface area contributed by atoms with E-state index in [1.54, 1.807) is 31.3 Å². The molecule has 2 aromatic rings. The Kier molecular flexibility index (Phi) is 5.03.